The third-order valence-electron chi connectivity index (χ3n) is 3.68. The highest BCUT2D eigenvalue weighted by atomic mass is 127. The number of piperidine rings is 1. The number of halogens is 1. The van der Waals surface area contributed by atoms with Crippen LogP contribution in [0.5, 0.6) is 0 Å². The van der Waals surface area contributed by atoms with Crippen LogP contribution in [0.15, 0.2) is 17.6 Å². The maximum atomic E-state index is 12.0. The summed E-state index contributed by atoms with van der Waals surface area (Å²) < 4.78 is 5.41. The van der Waals surface area contributed by atoms with Crippen LogP contribution >= 0.6 is 24.0 Å². The number of carbonyl (C=O) groups excluding carboxylic acids is 1. The number of nitrogens with one attached hydrogen (secondary N) is 1. The van der Waals surface area contributed by atoms with Crippen LogP contribution in [-0.4, -0.2) is 48.7 Å². The van der Waals surface area contributed by atoms with Crippen molar-refractivity contribution in [2.45, 2.75) is 46.1 Å². The summed E-state index contributed by atoms with van der Waals surface area (Å²) in [6, 6.07) is 0. The molecule has 0 spiro atoms. The van der Waals surface area contributed by atoms with E-state index in [0.29, 0.717) is 32.1 Å². The average Bonchev–Trinajstić information content (AvgIpc) is 2.42. The molecule has 1 fully saturated rings. The predicted octanol–water partition coefficient (Wildman–Crippen LogP) is 2.73. The van der Waals surface area contributed by atoms with E-state index in [-0.39, 0.29) is 35.5 Å². The predicted molar refractivity (Wildman–Crippen MR) is 105 cm³/mol. The first-order valence-corrected chi connectivity index (χ1v) is 7.78. The van der Waals surface area contributed by atoms with Gasteiger partial charge in [-0.15, -0.1) is 30.6 Å². The topological polar surface area (TPSA) is 80.0 Å². The van der Waals surface area contributed by atoms with Gasteiger partial charge in [0.1, 0.15) is 5.60 Å². The minimum atomic E-state index is -0.451. The van der Waals surface area contributed by atoms with Crippen LogP contribution in [0.4, 0.5) is 4.79 Å². The summed E-state index contributed by atoms with van der Waals surface area (Å²) in [5.41, 5.74) is 5.40. The number of aliphatic imine (C=N–C) groups is 1. The van der Waals surface area contributed by atoms with Gasteiger partial charge in [-0.25, -0.2) is 4.79 Å². The van der Waals surface area contributed by atoms with Crippen molar-refractivity contribution in [2.75, 3.05) is 26.2 Å². The third-order valence-corrected chi connectivity index (χ3v) is 3.68. The monoisotopic (exact) mass is 438 g/mol. The molecule has 0 unspecified atom stereocenters. The number of rotatable bonds is 4. The van der Waals surface area contributed by atoms with Crippen molar-refractivity contribution in [3.8, 4) is 0 Å². The molecule has 0 atom stereocenters. The zero-order chi connectivity index (χ0) is 16.8. The molecule has 1 aliphatic heterocycles. The molecular formula is C16H31IN4O2. The molecule has 134 valence electrons. The van der Waals surface area contributed by atoms with Crippen molar-refractivity contribution in [2.24, 2.45) is 16.1 Å². The van der Waals surface area contributed by atoms with Gasteiger partial charge in [-0.1, -0.05) is 13.0 Å². The number of guanidine groups is 1. The number of hydrogen-bond acceptors (Lipinski definition) is 3. The number of carbonyl (C=O) groups is 1. The molecule has 1 saturated heterocycles. The number of amides is 1. The lowest BCUT2D eigenvalue weighted by Gasteiger charge is -2.38. The van der Waals surface area contributed by atoms with Gasteiger partial charge in [0.05, 0.1) is 0 Å². The average molecular weight is 438 g/mol. The van der Waals surface area contributed by atoms with Crippen LogP contribution in [0.1, 0.15) is 40.5 Å². The molecule has 0 aliphatic carbocycles. The number of likely N-dealkylation sites (tertiary alicyclic amines) is 1. The van der Waals surface area contributed by atoms with Gasteiger partial charge < -0.3 is 20.7 Å². The number of nitrogens with zero attached hydrogens (tertiary/aromatic N) is 2. The van der Waals surface area contributed by atoms with Crippen LogP contribution in [0.2, 0.25) is 0 Å². The highest BCUT2D eigenvalue weighted by Crippen LogP contribution is 2.31. The lowest BCUT2D eigenvalue weighted by atomic mass is 9.80. The summed E-state index contributed by atoms with van der Waals surface area (Å²) in [4.78, 5) is 18.2. The number of nitrogens with two attached hydrogens (primary N) is 1. The quantitative estimate of drug-likeness (QED) is 0.306. The molecule has 1 rings (SSSR count). The SMILES string of the molecule is C=CCNC(N)=NCC1(C)CCN(C(=O)OC(C)(C)C)CC1.I. The first kappa shape index (κ1) is 22.0. The van der Waals surface area contributed by atoms with Crippen LogP contribution in [0.25, 0.3) is 0 Å². The summed E-state index contributed by atoms with van der Waals surface area (Å²) in [5, 5.41) is 2.97. The van der Waals surface area contributed by atoms with Crippen molar-refractivity contribution in [3.63, 3.8) is 0 Å². The van der Waals surface area contributed by atoms with E-state index >= 15 is 0 Å². The smallest absolute Gasteiger partial charge is 0.410 e. The highest BCUT2D eigenvalue weighted by molar-refractivity contribution is 14.0. The fraction of sp³-hybridized carbons (Fsp3) is 0.750. The molecule has 0 bridgehead atoms. The molecule has 0 radical (unpaired) electrons. The molecule has 6 nitrogen and oxygen atoms in total. The normalized spacial score (nSPS) is 17.9. The highest BCUT2D eigenvalue weighted by Gasteiger charge is 2.33. The summed E-state index contributed by atoms with van der Waals surface area (Å²) in [5.74, 6) is 0.440. The Bertz CT molecular complexity index is 424. The Balaban J connectivity index is 0.00000484. The van der Waals surface area contributed by atoms with Gasteiger partial charge in [0.15, 0.2) is 5.96 Å². The van der Waals surface area contributed by atoms with Crippen LogP contribution in [-0.2, 0) is 4.74 Å². The van der Waals surface area contributed by atoms with Crippen molar-refractivity contribution >= 4 is 36.0 Å². The zero-order valence-electron chi connectivity index (χ0n) is 14.7. The van der Waals surface area contributed by atoms with E-state index in [0.717, 1.165) is 12.8 Å². The van der Waals surface area contributed by atoms with Gasteiger partial charge >= 0.3 is 6.09 Å². The Morgan fingerprint density at radius 1 is 1.43 bits per heavy atom. The minimum absolute atomic E-state index is 0. The standard InChI is InChI=1S/C16H30N4O2.HI/c1-6-9-18-13(17)19-12-16(5)7-10-20(11-8-16)14(21)22-15(2,3)4;/h6H,1,7-12H2,2-5H3,(H3,17,18,19);1H. The maximum absolute atomic E-state index is 12.0. The molecule has 0 aromatic heterocycles. The molecular weight excluding hydrogens is 407 g/mol. The fourth-order valence-corrected chi connectivity index (χ4v) is 2.22. The van der Waals surface area contributed by atoms with Crippen LogP contribution < -0.4 is 11.1 Å². The third kappa shape index (κ3) is 8.43. The van der Waals surface area contributed by atoms with Crippen molar-refractivity contribution in [3.05, 3.63) is 12.7 Å². The maximum Gasteiger partial charge on any atom is 0.410 e. The molecule has 0 aromatic carbocycles. The van der Waals surface area contributed by atoms with E-state index in [1.807, 2.05) is 20.8 Å². The van der Waals surface area contributed by atoms with Gasteiger partial charge in [-0.05, 0) is 39.0 Å². The van der Waals surface area contributed by atoms with Gasteiger partial charge in [0, 0.05) is 26.2 Å². The molecule has 0 saturated carbocycles. The number of hydrogen-bond donors (Lipinski definition) is 2. The Morgan fingerprint density at radius 2 is 2.00 bits per heavy atom. The molecule has 1 heterocycles. The van der Waals surface area contributed by atoms with Gasteiger partial charge in [0.25, 0.3) is 0 Å². The molecule has 1 aliphatic rings. The van der Waals surface area contributed by atoms with E-state index in [2.05, 4.69) is 23.8 Å². The lowest BCUT2D eigenvalue weighted by molar-refractivity contribution is 0.0127. The first-order chi connectivity index (χ1) is 10.2. The van der Waals surface area contributed by atoms with E-state index in [9.17, 15) is 4.79 Å². The van der Waals surface area contributed by atoms with Crippen LogP contribution in [0, 0.1) is 5.41 Å². The van der Waals surface area contributed by atoms with E-state index in [1.54, 1.807) is 11.0 Å². The zero-order valence-corrected chi connectivity index (χ0v) is 17.1. The summed E-state index contributed by atoms with van der Waals surface area (Å²) in [7, 11) is 0. The second kappa shape index (κ2) is 9.34. The minimum Gasteiger partial charge on any atom is -0.444 e. The molecule has 1 amide bonds. The summed E-state index contributed by atoms with van der Waals surface area (Å²) >= 11 is 0. The lowest BCUT2D eigenvalue weighted by Crippen LogP contribution is -2.45. The number of ether oxygens (including phenoxy) is 1. The molecule has 3 N–H and O–H groups in total. The Hall–Kier alpha value is -0.990. The van der Waals surface area contributed by atoms with Crippen molar-refractivity contribution in [1.82, 2.24) is 10.2 Å². The second-order valence-corrected chi connectivity index (χ2v) is 7.15. The van der Waals surface area contributed by atoms with E-state index < -0.39 is 5.60 Å². The van der Waals surface area contributed by atoms with Crippen molar-refractivity contribution < 1.29 is 9.53 Å². The Morgan fingerprint density at radius 3 is 2.48 bits per heavy atom. The Labute approximate surface area is 156 Å². The van der Waals surface area contributed by atoms with Gasteiger partial charge in [0.2, 0.25) is 0 Å². The van der Waals surface area contributed by atoms with Crippen molar-refractivity contribution in [1.29, 1.82) is 0 Å². The fourth-order valence-electron chi connectivity index (χ4n) is 2.22. The van der Waals surface area contributed by atoms with E-state index in [4.69, 9.17) is 10.5 Å². The van der Waals surface area contributed by atoms with Crippen LogP contribution in [0.3, 0.4) is 0 Å². The van der Waals surface area contributed by atoms with Gasteiger partial charge in [-0.3, -0.25) is 4.99 Å². The summed E-state index contributed by atoms with van der Waals surface area (Å²) in [6.07, 6.45) is 3.29. The first-order valence-electron chi connectivity index (χ1n) is 7.78. The summed E-state index contributed by atoms with van der Waals surface area (Å²) in [6.45, 7) is 14.1. The molecule has 0 aromatic rings. The van der Waals surface area contributed by atoms with E-state index in [1.165, 1.54) is 0 Å². The van der Waals surface area contributed by atoms with Gasteiger partial charge in [-0.2, -0.15) is 0 Å². The largest absolute Gasteiger partial charge is 0.444 e. The Kier molecular flexibility index (Phi) is 8.94. The molecule has 7 heteroatoms. The molecule has 23 heavy (non-hydrogen) atoms. The second-order valence-electron chi connectivity index (χ2n) is 7.15.